The van der Waals surface area contributed by atoms with Gasteiger partial charge in [0.2, 0.25) is 0 Å². The van der Waals surface area contributed by atoms with Crippen LogP contribution >= 0.6 is 34.5 Å². The van der Waals surface area contributed by atoms with Crippen molar-refractivity contribution in [3.8, 4) is 28.1 Å². The van der Waals surface area contributed by atoms with E-state index in [-0.39, 0.29) is 18.1 Å². The van der Waals surface area contributed by atoms with Gasteiger partial charge in [-0.15, -0.1) is 11.3 Å². The number of amides is 1. The Balaban J connectivity index is 1.53. The van der Waals surface area contributed by atoms with Crippen LogP contribution in [-0.2, 0) is 12.7 Å². The summed E-state index contributed by atoms with van der Waals surface area (Å²) < 4.78 is 40.2. The molecule has 5 rings (SSSR count). The number of carbonyl (C=O) groups is 1. The average Bonchev–Trinajstić information content (AvgIpc) is 3.57. The van der Waals surface area contributed by atoms with Gasteiger partial charge in [-0.25, -0.2) is 9.69 Å². The third kappa shape index (κ3) is 6.61. The van der Waals surface area contributed by atoms with Crippen LogP contribution in [0.1, 0.15) is 51.3 Å². The molecule has 0 unspecified atom stereocenters. The molecule has 1 fully saturated rings. The topological polar surface area (TPSA) is 76.2 Å². The van der Waals surface area contributed by atoms with Gasteiger partial charge in [0.1, 0.15) is 0 Å². The van der Waals surface area contributed by atoms with E-state index in [1.165, 1.54) is 23.5 Å². The minimum atomic E-state index is -4.41. The number of benzene rings is 2. The maximum atomic E-state index is 13.4. The van der Waals surface area contributed by atoms with E-state index >= 15 is 0 Å². The van der Waals surface area contributed by atoms with Gasteiger partial charge in [-0.2, -0.15) is 18.3 Å². The van der Waals surface area contributed by atoms with Gasteiger partial charge in [0.15, 0.2) is 5.69 Å². The molecule has 212 valence electrons. The van der Waals surface area contributed by atoms with Crippen molar-refractivity contribution in [2.45, 2.75) is 32.0 Å². The van der Waals surface area contributed by atoms with Crippen molar-refractivity contribution in [2.24, 2.45) is 5.73 Å². The summed E-state index contributed by atoms with van der Waals surface area (Å²) in [5.41, 5.74) is 10.7. The molecule has 0 atom stereocenters. The molecule has 0 aliphatic carbocycles. The lowest BCUT2D eigenvalue weighted by atomic mass is 10.1. The summed E-state index contributed by atoms with van der Waals surface area (Å²) in [6.45, 7) is 1.55. The van der Waals surface area contributed by atoms with E-state index < -0.39 is 11.7 Å². The van der Waals surface area contributed by atoms with Crippen LogP contribution in [0.3, 0.4) is 0 Å². The van der Waals surface area contributed by atoms with Gasteiger partial charge in [-0.1, -0.05) is 41.5 Å². The second-order valence-corrected chi connectivity index (χ2v) is 11.3. The van der Waals surface area contributed by atoms with Crippen LogP contribution < -0.4 is 11.2 Å². The third-order valence-electron chi connectivity index (χ3n) is 6.54. The minimum absolute atomic E-state index is 0.0355. The second-order valence-electron chi connectivity index (χ2n) is 9.37. The zero-order chi connectivity index (χ0) is 29.1. The van der Waals surface area contributed by atoms with E-state index in [0.717, 1.165) is 49.4 Å². The van der Waals surface area contributed by atoms with Gasteiger partial charge < -0.3 is 5.73 Å². The molecule has 12 heteroatoms. The molecule has 2 aromatic carbocycles. The Morgan fingerprint density at radius 3 is 2.41 bits per heavy atom. The molecule has 4 aromatic rings. The molecule has 0 spiro atoms. The Hall–Kier alpha value is -3.33. The number of nitrogens with one attached hydrogen (secondary N) is 1. The van der Waals surface area contributed by atoms with Crippen molar-refractivity contribution in [3.63, 3.8) is 0 Å². The SMILES string of the molecule is NCc1c(C(=O)NN2CCCCC2)nn(-c2ccc(Cl)cc2Cl)c1-c1ccc(C#Cc2ccc(C(F)(F)F)cc2)s1. The second kappa shape index (κ2) is 12.3. The summed E-state index contributed by atoms with van der Waals surface area (Å²) in [6.07, 6.45) is -1.29. The molecule has 41 heavy (non-hydrogen) atoms. The van der Waals surface area contributed by atoms with Crippen molar-refractivity contribution >= 4 is 40.4 Å². The van der Waals surface area contributed by atoms with Crippen molar-refractivity contribution in [2.75, 3.05) is 13.1 Å². The molecule has 1 aliphatic heterocycles. The molecular weight excluding hydrogens is 594 g/mol. The predicted octanol–water partition coefficient (Wildman–Crippen LogP) is 6.92. The number of aromatic nitrogens is 2. The number of nitrogens with zero attached hydrogens (tertiary/aromatic N) is 3. The van der Waals surface area contributed by atoms with Crippen molar-refractivity contribution in [3.05, 3.63) is 91.9 Å². The number of piperidine rings is 1. The zero-order valence-electron chi connectivity index (χ0n) is 21.6. The van der Waals surface area contributed by atoms with Gasteiger partial charge in [0.25, 0.3) is 5.91 Å². The third-order valence-corrected chi connectivity index (χ3v) is 8.08. The molecule has 3 heterocycles. The van der Waals surface area contributed by atoms with Crippen LogP contribution in [0.5, 0.6) is 0 Å². The number of nitrogens with two attached hydrogens (primary N) is 1. The number of hydrazine groups is 1. The molecule has 0 saturated carbocycles. The molecule has 1 saturated heterocycles. The maximum absolute atomic E-state index is 13.4. The smallest absolute Gasteiger partial charge is 0.326 e. The maximum Gasteiger partial charge on any atom is 0.416 e. The number of halogens is 5. The average molecular weight is 619 g/mol. The first-order valence-electron chi connectivity index (χ1n) is 12.8. The highest BCUT2D eigenvalue weighted by Crippen LogP contribution is 2.36. The van der Waals surface area contributed by atoms with Crippen molar-refractivity contribution in [1.29, 1.82) is 0 Å². The molecule has 2 aromatic heterocycles. The molecule has 1 amide bonds. The predicted molar refractivity (Wildman–Crippen MR) is 155 cm³/mol. The van der Waals surface area contributed by atoms with Gasteiger partial charge >= 0.3 is 6.18 Å². The highest BCUT2D eigenvalue weighted by Gasteiger charge is 2.30. The normalized spacial score (nSPS) is 14.0. The number of hydrogen-bond donors (Lipinski definition) is 2. The summed E-state index contributed by atoms with van der Waals surface area (Å²) in [4.78, 5) is 14.8. The van der Waals surface area contributed by atoms with Crippen molar-refractivity contribution < 1.29 is 18.0 Å². The van der Waals surface area contributed by atoms with E-state index in [9.17, 15) is 18.0 Å². The number of hydrogen-bond acceptors (Lipinski definition) is 5. The fourth-order valence-electron chi connectivity index (χ4n) is 4.52. The fourth-order valence-corrected chi connectivity index (χ4v) is 5.92. The molecule has 1 aliphatic rings. The Morgan fingerprint density at radius 1 is 1.02 bits per heavy atom. The Kier molecular flexibility index (Phi) is 8.73. The summed E-state index contributed by atoms with van der Waals surface area (Å²) >= 11 is 14.0. The lowest BCUT2D eigenvalue weighted by Gasteiger charge is -2.26. The van der Waals surface area contributed by atoms with E-state index in [1.807, 2.05) is 11.1 Å². The summed E-state index contributed by atoms with van der Waals surface area (Å²) in [7, 11) is 0. The lowest BCUT2D eigenvalue weighted by Crippen LogP contribution is -2.45. The highest BCUT2D eigenvalue weighted by atomic mass is 35.5. The number of thiophene rings is 1. The highest BCUT2D eigenvalue weighted by molar-refractivity contribution is 7.16. The van der Waals surface area contributed by atoms with E-state index in [2.05, 4.69) is 22.4 Å². The first-order valence-corrected chi connectivity index (χ1v) is 14.3. The van der Waals surface area contributed by atoms with E-state index in [1.54, 1.807) is 28.9 Å². The fraction of sp³-hybridized carbons (Fsp3) is 0.241. The first-order chi connectivity index (χ1) is 19.6. The summed E-state index contributed by atoms with van der Waals surface area (Å²) in [5, 5.41) is 7.34. The summed E-state index contributed by atoms with van der Waals surface area (Å²) in [6, 6.07) is 13.3. The molecular formula is C29H24Cl2F3N5OS. The summed E-state index contributed by atoms with van der Waals surface area (Å²) in [5.74, 6) is 5.55. The Morgan fingerprint density at radius 2 is 1.76 bits per heavy atom. The van der Waals surface area contributed by atoms with E-state index in [4.69, 9.17) is 28.9 Å². The van der Waals surface area contributed by atoms with Crippen LogP contribution in [0.15, 0.2) is 54.6 Å². The van der Waals surface area contributed by atoms with Gasteiger partial charge in [0, 0.05) is 35.8 Å². The van der Waals surface area contributed by atoms with Gasteiger partial charge in [-0.3, -0.25) is 10.2 Å². The van der Waals surface area contributed by atoms with Crippen LogP contribution in [0.4, 0.5) is 13.2 Å². The van der Waals surface area contributed by atoms with Gasteiger partial charge in [-0.05, 0) is 67.4 Å². The molecule has 6 nitrogen and oxygen atoms in total. The van der Waals surface area contributed by atoms with Crippen molar-refractivity contribution in [1.82, 2.24) is 20.2 Å². The number of rotatable bonds is 5. The minimum Gasteiger partial charge on any atom is -0.326 e. The van der Waals surface area contributed by atoms with Crippen LogP contribution in [0, 0.1) is 11.8 Å². The van der Waals surface area contributed by atoms with E-state index in [0.29, 0.717) is 37.4 Å². The zero-order valence-corrected chi connectivity index (χ0v) is 23.9. The van der Waals surface area contributed by atoms with Gasteiger partial charge in [0.05, 0.1) is 31.7 Å². The largest absolute Gasteiger partial charge is 0.416 e. The molecule has 0 bridgehead atoms. The Labute approximate surface area is 248 Å². The molecule has 3 N–H and O–H groups in total. The quantitative estimate of drug-likeness (QED) is 0.238. The van der Waals surface area contributed by atoms with Crippen LogP contribution in [-0.4, -0.2) is 33.8 Å². The Bertz CT molecular complexity index is 1630. The van der Waals surface area contributed by atoms with Crippen LogP contribution in [0.25, 0.3) is 16.3 Å². The lowest BCUT2D eigenvalue weighted by molar-refractivity contribution is -0.137. The number of carbonyl (C=O) groups excluding carboxylic acids is 1. The number of alkyl halides is 3. The van der Waals surface area contributed by atoms with Crippen LogP contribution in [0.2, 0.25) is 10.0 Å². The first kappa shape index (κ1) is 29.2. The monoisotopic (exact) mass is 617 g/mol. The molecule has 0 radical (unpaired) electrons. The standard InChI is InChI=1S/C29H24Cl2F3N5OS/c30-20-9-12-24(23(31)16-20)39-27(22(17-35)26(36-39)28(40)37-38-14-2-1-3-15-38)25-13-11-21(41-25)10-6-18-4-7-19(8-5-18)29(32,33)34/h4-5,7-9,11-13,16H,1-3,14-15,17,35H2,(H,37,40).